The fourth-order valence-corrected chi connectivity index (χ4v) is 4.93. The number of thioether (sulfide) groups is 1. The van der Waals surface area contributed by atoms with Gasteiger partial charge in [0.05, 0.1) is 17.7 Å². The van der Waals surface area contributed by atoms with E-state index in [1.54, 1.807) is 11.2 Å². The highest BCUT2D eigenvalue weighted by Gasteiger charge is 2.32. The van der Waals surface area contributed by atoms with Crippen LogP contribution >= 0.6 is 39.9 Å². The van der Waals surface area contributed by atoms with Crippen molar-refractivity contribution in [1.82, 2.24) is 9.47 Å². The van der Waals surface area contributed by atoms with Crippen molar-refractivity contribution in [3.63, 3.8) is 0 Å². The number of benzene rings is 1. The quantitative estimate of drug-likeness (QED) is 0.327. The molecule has 1 aliphatic heterocycles. The van der Waals surface area contributed by atoms with Gasteiger partial charge in [-0.1, -0.05) is 39.9 Å². The molecular weight excluding hydrogens is 468 g/mol. The number of hydrogen-bond donors (Lipinski definition) is 0. The summed E-state index contributed by atoms with van der Waals surface area (Å²) < 4.78 is 9.20. The molecule has 0 saturated carbocycles. The molecule has 29 heavy (non-hydrogen) atoms. The van der Waals surface area contributed by atoms with Gasteiger partial charge in [-0.15, -0.1) is 0 Å². The number of carbonyl (C=O) groups excluding carboxylic acids is 1. The molecule has 1 saturated heterocycles. The van der Waals surface area contributed by atoms with Crippen molar-refractivity contribution in [2.24, 2.45) is 0 Å². The number of rotatable bonds is 4. The van der Waals surface area contributed by atoms with Gasteiger partial charge in [0.2, 0.25) is 0 Å². The van der Waals surface area contributed by atoms with Crippen LogP contribution in [0.2, 0.25) is 0 Å². The van der Waals surface area contributed by atoms with Gasteiger partial charge in [0.25, 0.3) is 5.91 Å². The summed E-state index contributed by atoms with van der Waals surface area (Å²) in [6, 6.07) is 12.0. The van der Waals surface area contributed by atoms with Crippen molar-refractivity contribution in [1.29, 1.82) is 0 Å². The number of aryl methyl sites for hydroxylation is 2. The molecule has 0 aliphatic carbocycles. The molecule has 0 unspecified atom stereocenters. The molecule has 2 aromatic heterocycles. The molecule has 1 fully saturated rings. The third kappa shape index (κ3) is 3.86. The first-order chi connectivity index (χ1) is 13.8. The van der Waals surface area contributed by atoms with E-state index in [1.807, 2.05) is 18.2 Å². The Morgan fingerprint density at radius 1 is 1.21 bits per heavy atom. The zero-order chi connectivity index (χ0) is 20.7. The average molecular weight is 487 g/mol. The molecule has 1 aliphatic rings. The topological polar surface area (TPSA) is 38.4 Å². The Balaban J connectivity index is 1.66. The Hall–Kier alpha value is -2.09. The van der Waals surface area contributed by atoms with Crippen LogP contribution in [0.4, 0.5) is 0 Å². The number of amides is 1. The first-order valence-electron chi connectivity index (χ1n) is 9.08. The van der Waals surface area contributed by atoms with E-state index in [0.29, 0.717) is 21.5 Å². The van der Waals surface area contributed by atoms with Crippen molar-refractivity contribution in [3.05, 3.63) is 80.3 Å². The van der Waals surface area contributed by atoms with E-state index >= 15 is 0 Å². The van der Waals surface area contributed by atoms with Crippen molar-refractivity contribution >= 4 is 56.2 Å². The lowest BCUT2D eigenvalue weighted by Gasteiger charge is -2.12. The molecule has 0 atom stereocenters. The van der Waals surface area contributed by atoms with Crippen LogP contribution in [0.5, 0.6) is 0 Å². The third-order valence-corrected chi connectivity index (χ3v) is 7.19. The second-order valence-electron chi connectivity index (χ2n) is 6.94. The maximum Gasteiger partial charge on any atom is 0.266 e. The van der Waals surface area contributed by atoms with E-state index in [-0.39, 0.29) is 5.91 Å². The lowest BCUT2D eigenvalue weighted by atomic mass is 10.2. The second kappa shape index (κ2) is 7.97. The van der Waals surface area contributed by atoms with Gasteiger partial charge in [0, 0.05) is 21.5 Å². The summed E-state index contributed by atoms with van der Waals surface area (Å²) in [4.78, 5) is 15.1. The Kier molecular flexibility index (Phi) is 5.55. The van der Waals surface area contributed by atoms with Crippen LogP contribution in [0.25, 0.3) is 11.8 Å². The highest BCUT2D eigenvalue weighted by molar-refractivity contribution is 9.10. The van der Waals surface area contributed by atoms with E-state index in [1.165, 1.54) is 17.3 Å². The van der Waals surface area contributed by atoms with Crippen LogP contribution in [0, 0.1) is 20.8 Å². The standard InChI is InChI=1S/C22H19BrN2O2S2/c1-13-9-17(6-7-19(13)23)25-14(2)10-16(15(25)3)11-20-21(26)24(22(28)29-20)12-18-5-4-8-27-18/h4-11H,12H2,1-3H3/b20-11-. The molecule has 4 nitrogen and oxygen atoms in total. The van der Waals surface area contributed by atoms with E-state index in [2.05, 4.69) is 65.5 Å². The summed E-state index contributed by atoms with van der Waals surface area (Å²) in [6.07, 6.45) is 3.54. The van der Waals surface area contributed by atoms with Crippen molar-refractivity contribution in [2.75, 3.05) is 0 Å². The molecule has 1 amide bonds. The first-order valence-corrected chi connectivity index (χ1v) is 11.1. The predicted octanol–water partition coefficient (Wildman–Crippen LogP) is 6.16. The molecule has 0 bridgehead atoms. The Bertz CT molecular complexity index is 1150. The van der Waals surface area contributed by atoms with Crippen molar-refractivity contribution < 1.29 is 9.21 Å². The van der Waals surface area contributed by atoms with Gasteiger partial charge in [-0.25, -0.2) is 0 Å². The van der Waals surface area contributed by atoms with E-state index in [0.717, 1.165) is 27.1 Å². The maximum atomic E-state index is 12.9. The molecule has 4 rings (SSSR count). The van der Waals surface area contributed by atoms with Gasteiger partial charge in [-0.3, -0.25) is 9.69 Å². The lowest BCUT2D eigenvalue weighted by molar-refractivity contribution is -0.122. The average Bonchev–Trinajstić information content (AvgIpc) is 3.35. The van der Waals surface area contributed by atoms with Gasteiger partial charge >= 0.3 is 0 Å². The zero-order valence-corrected chi connectivity index (χ0v) is 19.5. The SMILES string of the molecule is Cc1cc(-n2c(C)cc(/C=C3\SC(=S)N(Cc4ccco4)C3=O)c2C)ccc1Br. The molecule has 148 valence electrons. The normalized spacial score (nSPS) is 15.7. The summed E-state index contributed by atoms with van der Waals surface area (Å²) in [5.74, 6) is 0.632. The minimum absolute atomic E-state index is 0.0827. The Morgan fingerprint density at radius 3 is 2.69 bits per heavy atom. The number of hydrogen-bond acceptors (Lipinski definition) is 4. The van der Waals surface area contributed by atoms with E-state index < -0.39 is 0 Å². The Morgan fingerprint density at radius 2 is 2.00 bits per heavy atom. The zero-order valence-electron chi connectivity index (χ0n) is 16.2. The van der Waals surface area contributed by atoms with E-state index in [9.17, 15) is 4.79 Å². The van der Waals surface area contributed by atoms with E-state index in [4.69, 9.17) is 16.6 Å². The number of furan rings is 1. The third-order valence-electron chi connectivity index (χ3n) is 4.92. The summed E-state index contributed by atoms with van der Waals surface area (Å²) >= 11 is 10.3. The number of aromatic nitrogens is 1. The number of nitrogens with zero attached hydrogens (tertiary/aromatic N) is 2. The number of halogens is 1. The molecule has 0 radical (unpaired) electrons. The summed E-state index contributed by atoms with van der Waals surface area (Å²) in [6.45, 7) is 6.57. The summed E-state index contributed by atoms with van der Waals surface area (Å²) in [7, 11) is 0. The Labute approximate surface area is 187 Å². The molecule has 3 heterocycles. The largest absolute Gasteiger partial charge is 0.467 e. The van der Waals surface area contributed by atoms with Crippen LogP contribution < -0.4 is 0 Å². The molecular formula is C22H19BrN2O2S2. The molecule has 3 aromatic rings. The van der Waals surface area contributed by atoms with Crippen LogP contribution in [0.15, 0.2) is 56.5 Å². The number of carbonyl (C=O) groups is 1. The van der Waals surface area contributed by atoms with Gasteiger partial charge in [-0.05, 0) is 74.4 Å². The molecule has 1 aromatic carbocycles. The van der Waals surface area contributed by atoms with Crippen LogP contribution in [0.3, 0.4) is 0 Å². The monoisotopic (exact) mass is 486 g/mol. The predicted molar refractivity (Wildman–Crippen MR) is 125 cm³/mol. The number of thiocarbonyl (C=S) groups is 1. The highest BCUT2D eigenvalue weighted by atomic mass is 79.9. The van der Waals surface area contributed by atoms with Gasteiger partial charge < -0.3 is 8.98 Å². The maximum absolute atomic E-state index is 12.9. The molecule has 0 N–H and O–H groups in total. The highest BCUT2D eigenvalue weighted by Crippen LogP contribution is 2.35. The van der Waals surface area contributed by atoms with Gasteiger partial charge in [0.1, 0.15) is 10.1 Å². The minimum Gasteiger partial charge on any atom is -0.467 e. The van der Waals surface area contributed by atoms with Crippen LogP contribution in [-0.4, -0.2) is 19.7 Å². The fraction of sp³-hybridized carbons (Fsp3) is 0.182. The summed E-state index contributed by atoms with van der Waals surface area (Å²) in [5.41, 5.74) is 5.49. The lowest BCUT2D eigenvalue weighted by Crippen LogP contribution is -2.27. The fourth-order valence-electron chi connectivity index (χ4n) is 3.43. The van der Waals surface area contributed by atoms with Crippen molar-refractivity contribution in [3.8, 4) is 5.69 Å². The first kappa shape index (κ1) is 20.2. The minimum atomic E-state index is -0.0827. The van der Waals surface area contributed by atoms with Gasteiger partial charge in [0.15, 0.2) is 0 Å². The molecule has 7 heteroatoms. The van der Waals surface area contributed by atoms with Crippen molar-refractivity contribution in [2.45, 2.75) is 27.3 Å². The van der Waals surface area contributed by atoms with Crippen LogP contribution in [0.1, 0.15) is 28.3 Å². The summed E-state index contributed by atoms with van der Waals surface area (Å²) in [5, 5.41) is 0. The second-order valence-corrected chi connectivity index (χ2v) is 9.47. The van der Waals surface area contributed by atoms with Gasteiger partial charge in [-0.2, -0.15) is 0 Å². The molecule has 0 spiro atoms. The van der Waals surface area contributed by atoms with Crippen LogP contribution in [-0.2, 0) is 11.3 Å². The smallest absolute Gasteiger partial charge is 0.266 e.